The number of nitrogens with zero attached hydrogens (tertiary/aromatic N) is 2. The zero-order valence-corrected chi connectivity index (χ0v) is 15.1. The molecule has 0 amide bonds. The number of alkyl halides is 3. The smallest absolute Gasteiger partial charge is 0.416 e. The van der Waals surface area contributed by atoms with E-state index < -0.39 is 11.7 Å². The summed E-state index contributed by atoms with van der Waals surface area (Å²) in [5, 5.41) is 0. The number of aromatic nitrogens is 1. The number of para-hydroxylation sites is 1. The molecule has 0 spiro atoms. The third kappa shape index (κ3) is 4.49. The van der Waals surface area contributed by atoms with Crippen molar-refractivity contribution in [3.63, 3.8) is 0 Å². The molecule has 7 heteroatoms. The van der Waals surface area contributed by atoms with Crippen molar-refractivity contribution in [2.24, 2.45) is 10.7 Å². The lowest BCUT2D eigenvalue weighted by Crippen LogP contribution is -2.11. The minimum Gasteiger partial charge on any atom is -0.487 e. The summed E-state index contributed by atoms with van der Waals surface area (Å²) in [5.41, 5.74) is 6.78. The maximum absolute atomic E-state index is 13.2. The molecule has 0 saturated carbocycles. The maximum atomic E-state index is 13.2. The summed E-state index contributed by atoms with van der Waals surface area (Å²) in [6.07, 6.45) is -2.86. The van der Waals surface area contributed by atoms with E-state index in [0.29, 0.717) is 28.5 Å². The molecule has 0 aliphatic heterocycles. The van der Waals surface area contributed by atoms with Crippen molar-refractivity contribution in [1.29, 1.82) is 0 Å². The number of halogens is 3. The number of rotatable bonds is 5. The van der Waals surface area contributed by atoms with Gasteiger partial charge in [0.15, 0.2) is 0 Å². The van der Waals surface area contributed by atoms with Gasteiger partial charge in [-0.2, -0.15) is 13.2 Å². The number of nitrogens with two attached hydrogens (primary N) is 1. The van der Waals surface area contributed by atoms with Gasteiger partial charge in [-0.25, -0.2) is 4.99 Å². The highest BCUT2D eigenvalue weighted by Crippen LogP contribution is 2.36. The van der Waals surface area contributed by atoms with Gasteiger partial charge in [0.05, 0.1) is 17.1 Å². The van der Waals surface area contributed by atoms with E-state index in [0.717, 1.165) is 6.07 Å². The number of pyridine rings is 1. The first-order valence-electron chi connectivity index (χ1n) is 8.49. The standard InChI is InChI=1S/C21H18F3N3O/c1-14(25)27-18-10-5-3-8-16(18)20-19(11-6-12-26-20)28-13-15-7-2-4-9-17(15)21(22,23)24/h2-12H,13H2,1H3,(H2,25,27). The van der Waals surface area contributed by atoms with Crippen LogP contribution in [0.4, 0.5) is 18.9 Å². The molecule has 0 radical (unpaired) electrons. The van der Waals surface area contributed by atoms with Crippen LogP contribution < -0.4 is 10.5 Å². The number of aliphatic imine (C=N–C) groups is 1. The predicted octanol–water partition coefficient (Wildman–Crippen LogP) is 5.36. The predicted molar refractivity (Wildman–Crippen MR) is 102 cm³/mol. The molecule has 0 fully saturated rings. The Morgan fingerprint density at radius 3 is 2.50 bits per heavy atom. The van der Waals surface area contributed by atoms with Gasteiger partial charge >= 0.3 is 6.18 Å². The van der Waals surface area contributed by atoms with Crippen LogP contribution in [0.3, 0.4) is 0 Å². The SMILES string of the molecule is CC(N)=Nc1ccccc1-c1ncccc1OCc1ccccc1C(F)(F)F. The minimum atomic E-state index is -4.45. The summed E-state index contributed by atoms with van der Waals surface area (Å²) < 4.78 is 45.3. The Morgan fingerprint density at radius 2 is 1.75 bits per heavy atom. The molecular weight excluding hydrogens is 367 g/mol. The first-order chi connectivity index (χ1) is 13.4. The van der Waals surface area contributed by atoms with E-state index in [-0.39, 0.29) is 12.2 Å². The number of benzene rings is 2. The Hall–Kier alpha value is -3.35. The van der Waals surface area contributed by atoms with Gasteiger partial charge in [0, 0.05) is 17.3 Å². The molecule has 28 heavy (non-hydrogen) atoms. The van der Waals surface area contributed by atoms with Crippen molar-refractivity contribution in [3.8, 4) is 17.0 Å². The molecule has 4 nitrogen and oxygen atoms in total. The summed E-state index contributed by atoms with van der Waals surface area (Å²) >= 11 is 0. The van der Waals surface area contributed by atoms with Crippen LogP contribution in [-0.4, -0.2) is 10.8 Å². The Labute approximate surface area is 160 Å². The van der Waals surface area contributed by atoms with Crippen molar-refractivity contribution in [1.82, 2.24) is 4.98 Å². The third-order valence-corrected chi connectivity index (χ3v) is 3.93. The fourth-order valence-electron chi connectivity index (χ4n) is 2.75. The molecule has 0 bridgehead atoms. The van der Waals surface area contributed by atoms with Gasteiger partial charge in [0.1, 0.15) is 18.1 Å². The molecule has 3 rings (SSSR count). The molecule has 0 atom stereocenters. The molecule has 0 unspecified atom stereocenters. The van der Waals surface area contributed by atoms with Crippen molar-refractivity contribution < 1.29 is 17.9 Å². The third-order valence-electron chi connectivity index (χ3n) is 3.93. The monoisotopic (exact) mass is 385 g/mol. The average molecular weight is 385 g/mol. The van der Waals surface area contributed by atoms with E-state index in [1.807, 2.05) is 12.1 Å². The van der Waals surface area contributed by atoms with Gasteiger partial charge in [-0.05, 0) is 31.2 Å². The van der Waals surface area contributed by atoms with Crippen LogP contribution in [0.5, 0.6) is 5.75 Å². The Bertz CT molecular complexity index is 996. The molecule has 1 heterocycles. The topological polar surface area (TPSA) is 60.5 Å². The number of ether oxygens (including phenoxy) is 1. The normalized spacial score (nSPS) is 12.1. The molecule has 0 aliphatic carbocycles. The Kier molecular flexibility index (Phi) is 5.63. The zero-order valence-electron chi connectivity index (χ0n) is 15.1. The van der Waals surface area contributed by atoms with E-state index in [1.165, 1.54) is 12.1 Å². The molecule has 3 aromatic rings. The summed E-state index contributed by atoms with van der Waals surface area (Å²) in [5.74, 6) is 0.738. The highest BCUT2D eigenvalue weighted by atomic mass is 19.4. The van der Waals surface area contributed by atoms with Crippen LogP contribution in [0.2, 0.25) is 0 Å². The number of amidine groups is 1. The molecule has 1 aromatic heterocycles. The lowest BCUT2D eigenvalue weighted by molar-refractivity contribution is -0.138. The van der Waals surface area contributed by atoms with Crippen LogP contribution in [0, 0.1) is 0 Å². The van der Waals surface area contributed by atoms with E-state index in [9.17, 15) is 13.2 Å². The van der Waals surface area contributed by atoms with Crippen molar-refractivity contribution >= 4 is 11.5 Å². The van der Waals surface area contributed by atoms with Gasteiger partial charge in [0.2, 0.25) is 0 Å². The van der Waals surface area contributed by atoms with E-state index in [1.54, 1.807) is 43.5 Å². The quantitative estimate of drug-likeness (QED) is 0.475. The van der Waals surface area contributed by atoms with E-state index >= 15 is 0 Å². The second-order valence-corrected chi connectivity index (χ2v) is 6.06. The second-order valence-electron chi connectivity index (χ2n) is 6.06. The van der Waals surface area contributed by atoms with Gasteiger partial charge in [-0.15, -0.1) is 0 Å². The summed E-state index contributed by atoms with van der Waals surface area (Å²) in [7, 11) is 0. The first kappa shape index (κ1) is 19.4. The van der Waals surface area contributed by atoms with Crippen LogP contribution >= 0.6 is 0 Å². The van der Waals surface area contributed by atoms with E-state index in [4.69, 9.17) is 10.5 Å². The van der Waals surface area contributed by atoms with Crippen LogP contribution in [0.15, 0.2) is 71.9 Å². The molecule has 0 saturated heterocycles. The van der Waals surface area contributed by atoms with E-state index in [2.05, 4.69) is 9.98 Å². The van der Waals surface area contributed by atoms with Crippen LogP contribution in [0.1, 0.15) is 18.1 Å². The maximum Gasteiger partial charge on any atom is 0.416 e. The average Bonchev–Trinajstić information content (AvgIpc) is 2.66. The first-order valence-corrected chi connectivity index (χ1v) is 8.49. The molecule has 0 aliphatic rings. The van der Waals surface area contributed by atoms with Crippen LogP contribution in [0.25, 0.3) is 11.3 Å². The summed E-state index contributed by atoms with van der Waals surface area (Å²) in [6.45, 7) is 1.43. The zero-order chi connectivity index (χ0) is 20.1. The largest absolute Gasteiger partial charge is 0.487 e. The van der Waals surface area contributed by atoms with Crippen molar-refractivity contribution in [2.75, 3.05) is 0 Å². The lowest BCUT2D eigenvalue weighted by Gasteiger charge is -2.15. The minimum absolute atomic E-state index is 0.0499. The number of hydrogen-bond acceptors (Lipinski definition) is 3. The molecule has 2 aromatic carbocycles. The number of hydrogen-bond donors (Lipinski definition) is 1. The fraction of sp³-hybridized carbons (Fsp3) is 0.143. The second kappa shape index (κ2) is 8.12. The van der Waals surface area contributed by atoms with Gasteiger partial charge in [-0.1, -0.05) is 36.4 Å². The van der Waals surface area contributed by atoms with Crippen molar-refractivity contribution in [3.05, 3.63) is 78.0 Å². The van der Waals surface area contributed by atoms with Gasteiger partial charge in [-0.3, -0.25) is 4.98 Å². The van der Waals surface area contributed by atoms with Crippen LogP contribution in [-0.2, 0) is 12.8 Å². The van der Waals surface area contributed by atoms with Gasteiger partial charge in [0.25, 0.3) is 0 Å². The molecule has 2 N–H and O–H groups in total. The van der Waals surface area contributed by atoms with Gasteiger partial charge < -0.3 is 10.5 Å². The lowest BCUT2D eigenvalue weighted by atomic mass is 10.1. The summed E-state index contributed by atoms with van der Waals surface area (Å²) in [4.78, 5) is 8.63. The highest BCUT2D eigenvalue weighted by molar-refractivity contribution is 5.85. The fourth-order valence-corrected chi connectivity index (χ4v) is 2.75. The highest BCUT2D eigenvalue weighted by Gasteiger charge is 2.33. The Morgan fingerprint density at radius 1 is 1.04 bits per heavy atom. The summed E-state index contributed by atoms with van der Waals surface area (Å²) in [6, 6.07) is 15.9. The van der Waals surface area contributed by atoms with Crippen molar-refractivity contribution in [2.45, 2.75) is 19.7 Å². The molecular formula is C21H18F3N3O. The molecule has 144 valence electrons. The Balaban J connectivity index is 1.95.